The van der Waals surface area contributed by atoms with E-state index in [4.69, 9.17) is 4.74 Å². The number of hydrogen-bond donors (Lipinski definition) is 1. The Balaban J connectivity index is 1.59. The van der Waals surface area contributed by atoms with Crippen LogP contribution in [0, 0.1) is 17.8 Å². The summed E-state index contributed by atoms with van der Waals surface area (Å²) in [6.07, 6.45) is 5.48. The number of carbonyl (C=O) groups excluding carboxylic acids is 1. The topological polar surface area (TPSA) is 66.8 Å². The summed E-state index contributed by atoms with van der Waals surface area (Å²) < 4.78 is 5.32. The fourth-order valence-electron chi connectivity index (χ4n) is 4.16. The molecule has 5 heteroatoms. The fraction of sp³-hybridized carbons (Fsp3) is 0.867. The van der Waals surface area contributed by atoms with Crippen LogP contribution in [0.1, 0.15) is 38.5 Å². The van der Waals surface area contributed by atoms with Crippen LogP contribution >= 0.6 is 0 Å². The molecule has 1 aliphatic carbocycles. The largest absolute Gasteiger partial charge is 0.480 e. The van der Waals surface area contributed by atoms with E-state index in [1.807, 2.05) is 0 Å². The average Bonchev–Trinajstić information content (AvgIpc) is 3.10. The van der Waals surface area contributed by atoms with Gasteiger partial charge in [-0.1, -0.05) is 6.42 Å². The highest BCUT2D eigenvalue weighted by molar-refractivity contribution is 5.84. The van der Waals surface area contributed by atoms with Gasteiger partial charge in [0, 0.05) is 26.2 Å². The molecule has 20 heavy (non-hydrogen) atoms. The molecule has 0 aromatic rings. The number of amides is 1. The zero-order valence-electron chi connectivity index (χ0n) is 11.8. The van der Waals surface area contributed by atoms with E-state index in [-0.39, 0.29) is 11.8 Å². The van der Waals surface area contributed by atoms with Crippen molar-refractivity contribution >= 4 is 11.9 Å². The van der Waals surface area contributed by atoms with Crippen LogP contribution in [0.2, 0.25) is 0 Å². The molecule has 3 fully saturated rings. The lowest BCUT2D eigenvalue weighted by molar-refractivity contribution is -0.149. The second-order valence-electron chi connectivity index (χ2n) is 6.45. The van der Waals surface area contributed by atoms with Crippen LogP contribution in [0.25, 0.3) is 0 Å². The number of rotatable bonds is 4. The molecule has 3 rings (SSSR count). The second kappa shape index (κ2) is 5.72. The van der Waals surface area contributed by atoms with Gasteiger partial charge in [-0.15, -0.1) is 0 Å². The number of aliphatic carboxylic acids is 1. The third kappa shape index (κ3) is 2.55. The summed E-state index contributed by atoms with van der Waals surface area (Å²) in [5, 5.41) is 9.45. The molecule has 0 aromatic heterocycles. The van der Waals surface area contributed by atoms with E-state index in [0.29, 0.717) is 24.8 Å². The highest BCUT2D eigenvalue weighted by Gasteiger charge is 2.49. The molecule has 5 nitrogen and oxygen atoms in total. The number of carboxylic acid groups (broad SMARTS) is 1. The number of fused-ring (bicyclic) bond motifs is 1. The van der Waals surface area contributed by atoms with E-state index >= 15 is 0 Å². The van der Waals surface area contributed by atoms with Gasteiger partial charge in [-0.3, -0.25) is 4.79 Å². The zero-order valence-corrected chi connectivity index (χ0v) is 11.8. The molecule has 0 spiro atoms. The molecule has 0 aromatic carbocycles. The average molecular weight is 281 g/mol. The summed E-state index contributed by atoms with van der Waals surface area (Å²) >= 11 is 0. The summed E-state index contributed by atoms with van der Waals surface area (Å²) in [5.74, 6) is 0.279. The molecule has 1 amide bonds. The molecule has 0 bridgehead atoms. The first-order chi connectivity index (χ1) is 9.66. The van der Waals surface area contributed by atoms with Gasteiger partial charge in [-0.2, -0.15) is 0 Å². The van der Waals surface area contributed by atoms with Gasteiger partial charge in [-0.25, -0.2) is 4.79 Å². The maximum Gasteiger partial charge on any atom is 0.326 e. The minimum Gasteiger partial charge on any atom is -0.480 e. The summed E-state index contributed by atoms with van der Waals surface area (Å²) in [5.41, 5.74) is 0. The first-order valence-corrected chi connectivity index (χ1v) is 7.77. The van der Waals surface area contributed by atoms with Crippen LogP contribution in [-0.4, -0.2) is 47.7 Å². The lowest BCUT2D eigenvalue weighted by Crippen LogP contribution is -2.43. The van der Waals surface area contributed by atoms with Gasteiger partial charge in [0.1, 0.15) is 6.04 Å². The molecule has 1 N–H and O–H groups in total. The van der Waals surface area contributed by atoms with Crippen molar-refractivity contribution in [1.82, 2.24) is 4.90 Å². The third-order valence-electron chi connectivity index (χ3n) is 5.25. The zero-order chi connectivity index (χ0) is 14.1. The van der Waals surface area contributed by atoms with E-state index in [9.17, 15) is 14.7 Å². The van der Waals surface area contributed by atoms with Crippen LogP contribution in [0.15, 0.2) is 0 Å². The van der Waals surface area contributed by atoms with Gasteiger partial charge < -0.3 is 14.7 Å². The molecule has 3 aliphatic rings. The van der Waals surface area contributed by atoms with Crippen LogP contribution < -0.4 is 0 Å². The number of hydrogen-bond acceptors (Lipinski definition) is 3. The molecule has 112 valence electrons. The van der Waals surface area contributed by atoms with Crippen molar-refractivity contribution in [2.75, 3.05) is 19.8 Å². The first-order valence-electron chi connectivity index (χ1n) is 7.77. The van der Waals surface area contributed by atoms with Crippen LogP contribution in [0.4, 0.5) is 0 Å². The van der Waals surface area contributed by atoms with Crippen molar-refractivity contribution in [2.45, 2.75) is 44.6 Å². The molecule has 4 atom stereocenters. The number of carbonyl (C=O) groups is 2. The van der Waals surface area contributed by atoms with E-state index in [1.54, 1.807) is 4.90 Å². The van der Waals surface area contributed by atoms with Crippen molar-refractivity contribution in [3.63, 3.8) is 0 Å². The number of nitrogens with zero attached hydrogens (tertiary/aromatic N) is 1. The van der Waals surface area contributed by atoms with Gasteiger partial charge >= 0.3 is 5.97 Å². The molecule has 2 heterocycles. The molecule has 1 saturated carbocycles. The number of likely N-dealkylation sites (tertiary alicyclic amines) is 1. The smallest absolute Gasteiger partial charge is 0.326 e. The Morgan fingerprint density at radius 3 is 2.80 bits per heavy atom. The molecule has 2 aliphatic heterocycles. The lowest BCUT2D eigenvalue weighted by atomic mass is 9.94. The van der Waals surface area contributed by atoms with Crippen molar-refractivity contribution < 1.29 is 19.4 Å². The van der Waals surface area contributed by atoms with Gasteiger partial charge in [-0.05, 0) is 43.4 Å². The predicted molar refractivity (Wildman–Crippen MR) is 72.1 cm³/mol. The third-order valence-corrected chi connectivity index (χ3v) is 5.25. The monoisotopic (exact) mass is 281 g/mol. The Kier molecular flexibility index (Phi) is 3.96. The van der Waals surface area contributed by atoms with Gasteiger partial charge in [0.2, 0.25) is 5.91 Å². The first kappa shape index (κ1) is 13.9. The molecule has 0 unspecified atom stereocenters. The second-order valence-corrected chi connectivity index (χ2v) is 6.45. The normalized spacial score (nSPS) is 36.3. The van der Waals surface area contributed by atoms with E-state index < -0.39 is 12.0 Å². The Bertz CT molecular complexity index is 391. The predicted octanol–water partition coefficient (Wildman–Crippen LogP) is 1.51. The van der Waals surface area contributed by atoms with Gasteiger partial charge in [0.05, 0.1) is 0 Å². The van der Waals surface area contributed by atoms with Gasteiger partial charge in [0.25, 0.3) is 0 Å². The molecular formula is C15H23NO4. The Morgan fingerprint density at radius 1 is 1.25 bits per heavy atom. The van der Waals surface area contributed by atoms with Gasteiger partial charge in [0.15, 0.2) is 0 Å². The summed E-state index contributed by atoms with van der Waals surface area (Å²) in [4.78, 5) is 25.5. The van der Waals surface area contributed by atoms with Crippen LogP contribution in [-0.2, 0) is 14.3 Å². The minimum atomic E-state index is -0.822. The maximum absolute atomic E-state index is 12.4. The Labute approximate surface area is 119 Å². The van der Waals surface area contributed by atoms with Crippen molar-refractivity contribution in [2.24, 2.45) is 17.8 Å². The van der Waals surface area contributed by atoms with Crippen molar-refractivity contribution in [3.05, 3.63) is 0 Å². The SMILES string of the molecule is O=C(O)[C@@H]1[C@@H]2CCC[C@H]2CN1C(=O)CC[C@@H]1CCOC1. The summed E-state index contributed by atoms with van der Waals surface area (Å²) in [6, 6.07) is -0.574. The van der Waals surface area contributed by atoms with Crippen molar-refractivity contribution in [3.8, 4) is 0 Å². The Hall–Kier alpha value is -1.10. The Morgan fingerprint density at radius 2 is 2.10 bits per heavy atom. The molecule has 0 radical (unpaired) electrons. The minimum absolute atomic E-state index is 0.0266. The summed E-state index contributed by atoms with van der Waals surface area (Å²) in [7, 11) is 0. The number of ether oxygens (including phenoxy) is 1. The van der Waals surface area contributed by atoms with E-state index in [1.165, 1.54) is 0 Å². The van der Waals surface area contributed by atoms with E-state index in [2.05, 4.69) is 0 Å². The maximum atomic E-state index is 12.4. The van der Waals surface area contributed by atoms with Crippen molar-refractivity contribution in [1.29, 1.82) is 0 Å². The highest BCUT2D eigenvalue weighted by atomic mass is 16.5. The van der Waals surface area contributed by atoms with E-state index in [0.717, 1.165) is 45.3 Å². The quantitative estimate of drug-likeness (QED) is 0.848. The highest BCUT2D eigenvalue weighted by Crippen LogP contribution is 2.42. The fourth-order valence-corrected chi connectivity index (χ4v) is 4.16. The van der Waals surface area contributed by atoms with Crippen LogP contribution in [0.5, 0.6) is 0 Å². The molecular weight excluding hydrogens is 258 g/mol. The standard InChI is InChI=1S/C15H23NO4/c17-13(5-4-10-6-7-20-9-10)16-8-11-2-1-3-12(11)14(16)15(18)19/h10-12,14H,1-9H2,(H,18,19)/t10-,11+,12-,14+/m1/s1. The number of carboxylic acids is 1. The lowest BCUT2D eigenvalue weighted by Gasteiger charge is -2.24. The summed E-state index contributed by atoms with van der Waals surface area (Å²) in [6.45, 7) is 2.20. The van der Waals surface area contributed by atoms with Crippen LogP contribution in [0.3, 0.4) is 0 Å². The molecule has 2 saturated heterocycles.